The Morgan fingerprint density at radius 1 is 1.67 bits per heavy atom. The lowest BCUT2D eigenvalue weighted by atomic mass is 10.3. The van der Waals surface area contributed by atoms with Crippen molar-refractivity contribution in [3.63, 3.8) is 0 Å². The molecule has 82 valence electrons. The topological polar surface area (TPSA) is 62.2 Å². The number of carbonyl (C=O) groups is 1. The summed E-state index contributed by atoms with van der Waals surface area (Å²) in [6.45, 7) is 0. The van der Waals surface area contributed by atoms with Crippen molar-refractivity contribution in [1.82, 2.24) is 10.3 Å². The molecule has 0 aromatic carbocycles. The van der Waals surface area contributed by atoms with Crippen LogP contribution in [0.3, 0.4) is 0 Å². The van der Waals surface area contributed by atoms with E-state index in [0.29, 0.717) is 5.75 Å². The van der Waals surface area contributed by atoms with Gasteiger partial charge in [-0.3, -0.25) is 4.79 Å². The van der Waals surface area contributed by atoms with E-state index in [0.717, 1.165) is 5.03 Å². The number of nitrogens with zero attached hydrogens (tertiary/aromatic N) is 1. The number of hydrogen-bond donors (Lipinski definition) is 2. The molecule has 2 N–H and O–H groups in total. The van der Waals surface area contributed by atoms with Crippen LogP contribution in [0.15, 0.2) is 29.4 Å². The summed E-state index contributed by atoms with van der Waals surface area (Å²) in [7, 11) is 4.61. The SMILES string of the molecule is CNC(CSSc1ccccn1)C(=O)O. The lowest BCUT2D eigenvalue weighted by Gasteiger charge is -2.09. The van der Waals surface area contributed by atoms with Gasteiger partial charge in [0.05, 0.1) is 0 Å². The van der Waals surface area contributed by atoms with Gasteiger partial charge in [-0.05, 0) is 30.0 Å². The van der Waals surface area contributed by atoms with Crippen molar-refractivity contribution < 1.29 is 9.90 Å². The van der Waals surface area contributed by atoms with Crippen LogP contribution < -0.4 is 5.32 Å². The first-order chi connectivity index (χ1) is 7.24. The summed E-state index contributed by atoms with van der Waals surface area (Å²) in [5, 5.41) is 12.4. The van der Waals surface area contributed by atoms with Crippen LogP contribution in [0.2, 0.25) is 0 Å². The van der Waals surface area contributed by atoms with E-state index < -0.39 is 12.0 Å². The van der Waals surface area contributed by atoms with Gasteiger partial charge in [0.2, 0.25) is 0 Å². The van der Waals surface area contributed by atoms with Gasteiger partial charge in [-0.1, -0.05) is 16.9 Å². The Morgan fingerprint density at radius 3 is 3.00 bits per heavy atom. The van der Waals surface area contributed by atoms with Gasteiger partial charge in [0.1, 0.15) is 11.1 Å². The van der Waals surface area contributed by atoms with Crippen LogP contribution in [-0.2, 0) is 4.79 Å². The summed E-state index contributed by atoms with van der Waals surface area (Å²) in [6, 6.07) is 5.14. The van der Waals surface area contributed by atoms with Crippen LogP contribution >= 0.6 is 21.6 Å². The zero-order chi connectivity index (χ0) is 11.1. The molecule has 0 bridgehead atoms. The van der Waals surface area contributed by atoms with Gasteiger partial charge in [0.15, 0.2) is 0 Å². The zero-order valence-electron chi connectivity index (χ0n) is 8.21. The molecule has 1 aromatic rings. The molecular formula is C9H12N2O2S2. The second-order valence-electron chi connectivity index (χ2n) is 2.72. The summed E-state index contributed by atoms with van der Waals surface area (Å²) < 4.78 is 0. The van der Waals surface area contributed by atoms with Gasteiger partial charge in [-0.25, -0.2) is 4.98 Å². The largest absolute Gasteiger partial charge is 0.480 e. The molecule has 0 aliphatic rings. The first-order valence-corrected chi connectivity index (χ1v) is 6.66. The van der Waals surface area contributed by atoms with Crippen LogP contribution in [0.5, 0.6) is 0 Å². The molecule has 0 fully saturated rings. The summed E-state index contributed by atoms with van der Waals surface area (Å²) in [5.41, 5.74) is 0. The van der Waals surface area contributed by atoms with Crippen molar-refractivity contribution in [3.8, 4) is 0 Å². The van der Waals surface area contributed by atoms with Crippen molar-refractivity contribution in [3.05, 3.63) is 24.4 Å². The van der Waals surface area contributed by atoms with Gasteiger partial charge < -0.3 is 10.4 Å². The number of carboxylic acid groups (broad SMARTS) is 1. The zero-order valence-corrected chi connectivity index (χ0v) is 9.85. The van der Waals surface area contributed by atoms with Crippen molar-refractivity contribution >= 4 is 27.6 Å². The molecule has 1 atom stereocenters. The van der Waals surface area contributed by atoms with Gasteiger partial charge >= 0.3 is 5.97 Å². The molecule has 0 amide bonds. The van der Waals surface area contributed by atoms with Gasteiger partial charge in [0.25, 0.3) is 0 Å². The Bertz CT molecular complexity index is 308. The average Bonchev–Trinajstić information content (AvgIpc) is 2.25. The minimum atomic E-state index is -0.827. The van der Waals surface area contributed by atoms with Crippen LogP contribution in [0.25, 0.3) is 0 Å². The first-order valence-electron chi connectivity index (χ1n) is 4.34. The van der Waals surface area contributed by atoms with E-state index in [4.69, 9.17) is 5.11 Å². The highest BCUT2D eigenvalue weighted by atomic mass is 33.1. The number of aromatic nitrogens is 1. The fourth-order valence-corrected chi connectivity index (χ4v) is 2.98. The van der Waals surface area contributed by atoms with Gasteiger partial charge in [-0.15, -0.1) is 0 Å². The number of carboxylic acids is 1. The van der Waals surface area contributed by atoms with Crippen LogP contribution in [0, 0.1) is 0 Å². The summed E-state index contributed by atoms with van der Waals surface area (Å²) in [6.07, 6.45) is 1.72. The molecule has 0 spiro atoms. The van der Waals surface area contributed by atoms with Crippen molar-refractivity contribution in [2.24, 2.45) is 0 Å². The van der Waals surface area contributed by atoms with E-state index in [1.165, 1.54) is 21.6 Å². The third-order valence-electron chi connectivity index (χ3n) is 1.66. The molecule has 0 aliphatic carbocycles. The molecule has 0 saturated carbocycles. The summed E-state index contributed by atoms with van der Waals surface area (Å²) in [4.78, 5) is 14.8. The molecule has 4 nitrogen and oxygen atoms in total. The van der Waals surface area contributed by atoms with E-state index in [9.17, 15) is 4.79 Å². The second-order valence-corrected chi connectivity index (χ2v) is 5.08. The van der Waals surface area contributed by atoms with Crippen LogP contribution in [0.4, 0.5) is 0 Å². The van der Waals surface area contributed by atoms with Crippen molar-refractivity contribution in [2.45, 2.75) is 11.1 Å². The number of hydrogen-bond acceptors (Lipinski definition) is 5. The molecule has 0 radical (unpaired) electrons. The highest BCUT2D eigenvalue weighted by Gasteiger charge is 2.14. The molecule has 6 heteroatoms. The molecule has 0 saturated heterocycles. The molecule has 1 heterocycles. The normalized spacial score (nSPS) is 12.3. The number of likely N-dealkylation sites (N-methyl/N-ethyl adjacent to an activating group) is 1. The highest BCUT2D eigenvalue weighted by molar-refractivity contribution is 8.76. The maximum Gasteiger partial charge on any atom is 0.321 e. The molecule has 0 aliphatic heterocycles. The van der Waals surface area contributed by atoms with E-state index >= 15 is 0 Å². The Balaban J connectivity index is 2.30. The van der Waals surface area contributed by atoms with Crippen LogP contribution in [-0.4, -0.2) is 34.9 Å². The predicted molar refractivity (Wildman–Crippen MR) is 63.0 cm³/mol. The van der Waals surface area contributed by atoms with Crippen LogP contribution in [0.1, 0.15) is 0 Å². The lowest BCUT2D eigenvalue weighted by Crippen LogP contribution is -2.35. The number of rotatable bonds is 6. The third kappa shape index (κ3) is 4.55. The second kappa shape index (κ2) is 6.71. The monoisotopic (exact) mass is 244 g/mol. The van der Waals surface area contributed by atoms with Gasteiger partial charge in [-0.2, -0.15) is 0 Å². The quantitative estimate of drug-likeness (QED) is 0.739. The molecule has 15 heavy (non-hydrogen) atoms. The fourth-order valence-electron chi connectivity index (χ4n) is 0.837. The maximum absolute atomic E-state index is 10.7. The average molecular weight is 244 g/mol. The van der Waals surface area contributed by atoms with E-state index in [1.54, 1.807) is 13.2 Å². The number of aliphatic carboxylic acids is 1. The fraction of sp³-hybridized carbons (Fsp3) is 0.333. The van der Waals surface area contributed by atoms with E-state index in [2.05, 4.69) is 10.3 Å². The Kier molecular flexibility index (Phi) is 5.52. The van der Waals surface area contributed by atoms with Crippen molar-refractivity contribution in [1.29, 1.82) is 0 Å². The smallest absolute Gasteiger partial charge is 0.321 e. The minimum absolute atomic E-state index is 0.507. The highest BCUT2D eigenvalue weighted by Crippen LogP contribution is 2.29. The summed E-state index contributed by atoms with van der Waals surface area (Å²) in [5.74, 6) is -0.320. The Hall–Kier alpha value is -0.720. The maximum atomic E-state index is 10.7. The van der Waals surface area contributed by atoms with E-state index in [-0.39, 0.29) is 0 Å². The first kappa shape index (κ1) is 12.4. The Labute approximate surface area is 96.3 Å². The minimum Gasteiger partial charge on any atom is -0.480 e. The molecule has 1 unspecified atom stereocenters. The standard InChI is InChI=1S/C9H12N2O2S2/c1-10-7(9(12)13)6-14-15-8-4-2-3-5-11-8/h2-5,7,10H,6H2,1H3,(H,12,13). The molecule has 1 aromatic heterocycles. The number of pyridine rings is 1. The van der Waals surface area contributed by atoms with Crippen molar-refractivity contribution in [2.75, 3.05) is 12.8 Å². The third-order valence-corrected chi connectivity index (χ3v) is 3.94. The molecular weight excluding hydrogens is 232 g/mol. The molecule has 1 rings (SSSR count). The Morgan fingerprint density at radius 2 is 2.47 bits per heavy atom. The number of nitrogens with one attached hydrogen (secondary N) is 1. The van der Waals surface area contributed by atoms with Gasteiger partial charge in [0, 0.05) is 11.9 Å². The lowest BCUT2D eigenvalue weighted by molar-refractivity contribution is -0.138. The summed E-state index contributed by atoms with van der Waals surface area (Å²) >= 11 is 0. The van der Waals surface area contributed by atoms with E-state index in [1.807, 2.05) is 18.2 Å². The predicted octanol–water partition coefficient (Wildman–Crippen LogP) is 1.49.